The molecule has 9 rings (SSSR count). The first-order chi connectivity index (χ1) is 31.0. The van der Waals surface area contributed by atoms with E-state index < -0.39 is 63.6 Å². The second-order valence-corrected chi connectivity index (χ2v) is 21.8. The van der Waals surface area contributed by atoms with E-state index in [0.29, 0.717) is 64.6 Å². The number of carbonyl (C=O) groups is 3. The van der Waals surface area contributed by atoms with Crippen molar-refractivity contribution in [2.75, 3.05) is 87.5 Å². The van der Waals surface area contributed by atoms with Crippen molar-refractivity contribution in [3.05, 3.63) is 70.5 Å². The van der Waals surface area contributed by atoms with Crippen LogP contribution in [0.4, 0.5) is 0 Å². The summed E-state index contributed by atoms with van der Waals surface area (Å²) >= 11 is 1.84. The summed E-state index contributed by atoms with van der Waals surface area (Å²) in [5.41, 5.74) is 0.140. The number of nitrogens with zero attached hydrogens (tertiary/aromatic N) is 4. The number of allylic oxidation sites excluding steroid dienone is 1. The molecule has 2 bridgehead atoms. The molecule has 8 aliphatic rings. The molecule has 12 atom stereocenters. The van der Waals surface area contributed by atoms with Crippen molar-refractivity contribution in [3.8, 4) is 0 Å². The molecule has 14 heteroatoms. The third kappa shape index (κ3) is 6.80. The zero-order valence-electron chi connectivity index (χ0n) is 39.9. The van der Waals surface area contributed by atoms with Crippen molar-refractivity contribution < 1.29 is 43.5 Å². The van der Waals surface area contributed by atoms with E-state index in [0.717, 1.165) is 42.2 Å². The van der Waals surface area contributed by atoms with E-state index in [1.165, 1.54) is 42.7 Å². The van der Waals surface area contributed by atoms with Gasteiger partial charge in [-0.15, -0.1) is 11.8 Å². The number of methoxy groups -OCH3 is 3. The molecule has 1 aromatic rings. The molecule has 0 amide bonds. The number of aliphatic hydroxyl groups is 2. The van der Waals surface area contributed by atoms with Gasteiger partial charge in [-0.25, -0.2) is 4.79 Å². The first-order valence-corrected chi connectivity index (χ1v) is 24.8. The Kier molecular flexibility index (Phi) is 12.1. The van der Waals surface area contributed by atoms with Crippen molar-refractivity contribution >= 4 is 35.2 Å². The van der Waals surface area contributed by atoms with Crippen molar-refractivity contribution in [2.24, 2.45) is 28.1 Å². The second kappa shape index (κ2) is 16.9. The number of ether oxygens (including phenoxy) is 4. The molecule has 1 spiro atoms. The van der Waals surface area contributed by atoms with Gasteiger partial charge in [0, 0.05) is 92.9 Å². The normalized spacial score (nSPS) is 39.2. The van der Waals surface area contributed by atoms with Gasteiger partial charge in [-0.1, -0.05) is 38.1 Å². The van der Waals surface area contributed by atoms with Crippen molar-refractivity contribution in [1.29, 1.82) is 0 Å². The zero-order chi connectivity index (χ0) is 46.4. The van der Waals surface area contributed by atoms with Gasteiger partial charge in [-0.2, -0.15) is 0 Å². The molecular formula is C51H70N4O9S. The molecule has 5 heterocycles. The Labute approximate surface area is 389 Å². The lowest BCUT2D eigenvalue weighted by Crippen LogP contribution is -2.79. The quantitative estimate of drug-likeness (QED) is 0.137. The highest BCUT2D eigenvalue weighted by Gasteiger charge is 2.81. The number of carbonyl (C=O) groups excluding carboxylic acids is 3. The van der Waals surface area contributed by atoms with E-state index in [4.69, 9.17) is 18.9 Å². The number of likely N-dealkylation sites (N-methyl/N-ethyl adjacent to an activating group) is 1. The lowest BCUT2D eigenvalue weighted by atomic mass is 9.47. The number of benzene rings is 1. The van der Waals surface area contributed by atoms with Gasteiger partial charge in [0.25, 0.3) is 0 Å². The van der Waals surface area contributed by atoms with Crippen LogP contribution in [-0.4, -0.2) is 171 Å². The molecular weight excluding hydrogens is 845 g/mol. The predicted molar refractivity (Wildman–Crippen MR) is 249 cm³/mol. The minimum absolute atomic E-state index is 0.0410. The summed E-state index contributed by atoms with van der Waals surface area (Å²) in [6.45, 7) is 9.80. The third-order valence-corrected chi connectivity index (χ3v) is 18.2. The highest BCUT2D eigenvalue weighted by molar-refractivity contribution is 7.99. The fourth-order valence-corrected chi connectivity index (χ4v) is 15.8. The highest BCUT2D eigenvalue weighted by atomic mass is 32.2. The van der Waals surface area contributed by atoms with Gasteiger partial charge in [0.15, 0.2) is 6.10 Å². The summed E-state index contributed by atoms with van der Waals surface area (Å²) < 4.78 is 24.4. The number of rotatable bonds is 11. The fourth-order valence-electron chi connectivity index (χ4n) is 14.8. The van der Waals surface area contributed by atoms with Crippen LogP contribution in [0.5, 0.6) is 0 Å². The Morgan fingerprint density at radius 2 is 1.75 bits per heavy atom. The average Bonchev–Trinajstić information content (AvgIpc) is 3.95. The van der Waals surface area contributed by atoms with Crippen LogP contribution in [0.15, 0.2) is 64.2 Å². The van der Waals surface area contributed by atoms with Crippen molar-refractivity contribution in [3.63, 3.8) is 0 Å². The number of fused-ring (bicyclic) bond motifs is 5. The smallest absolute Gasteiger partial charge is 0.344 e. The number of hydrogen-bond donors (Lipinski definition) is 2. The summed E-state index contributed by atoms with van der Waals surface area (Å²) in [6, 6.07) is 5.61. The molecule has 3 aliphatic carbocycles. The SMILES string of the molecule is CC[C@]1(O)C[C@H]2CN(CCC3=C(Cc4ccc(SCCN(C)C)cc43)[C@@](C(=O)OC)(C3C=C4C(=CC3OC)N(C)[C@H]3[C@@](O)(C(=O)OC)[C@H](OC(C)=O)[C@]5(CC)C=CCN6CC[C@]43[C@@H]65)C2)C1. The average molecular weight is 915 g/mol. The highest BCUT2D eigenvalue weighted by Crippen LogP contribution is 2.71. The van der Waals surface area contributed by atoms with Crippen LogP contribution < -0.4 is 0 Å². The molecule has 1 saturated carbocycles. The Morgan fingerprint density at radius 3 is 2.43 bits per heavy atom. The van der Waals surface area contributed by atoms with Gasteiger partial charge in [0.05, 0.1) is 37.4 Å². The van der Waals surface area contributed by atoms with Gasteiger partial charge in [-0.05, 0) is 118 Å². The minimum atomic E-state index is -2.28. The third-order valence-electron chi connectivity index (χ3n) is 17.2. The van der Waals surface area contributed by atoms with E-state index in [-0.39, 0.29) is 17.9 Å². The zero-order valence-corrected chi connectivity index (χ0v) is 40.7. The van der Waals surface area contributed by atoms with Crippen LogP contribution in [0, 0.1) is 28.1 Å². The molecule has 3 unspecified atom stereocenters. The van der Waals surface area contributed by atoms with E-state index in [2.05, 4.69) is 78.2 Å². The summed E-state index contributed by atoms with van der Waals surface area (Å²) in [6.07, 6.45) is 10.7. The number of hydrogen-bond acceptors (Lipinski definition) is 14. The maximum atomic E-state index is 15.7. The van der Waals surface area contributed by atoms with Crippen LogP contribution in [0.3, 0.4) is 0 Å². The van der Waals surface area contributed by atoms with Crippen LogP contribution in [0.2, 0.25) is 0 Å². The number of esters is 3. The Bertz CT molecular complexity index is 2240. The van der Waals surface area contributed by atoms with Gasteiger partial charge in [0.1, 0.15) is 0 Å². The maximum Gasteiger partial charge on any atom is 0.344 e. The molecule has 65 heavy (non-hydrogen) atoms. The van der Waals surface area contributed by atoms with E-state index in [9.17, 15) is 19.8 Å². The molecule has 2 N–H and O–H groups in total. The van der Waals surface area contributed by atoms with Crippen LogP contribution in [0.25, 0.3) is 5.57 Å². The van der Waals surface area contributed by atoms with E-state index >= 15 is 4.79 Å². The van der Waals surface area contributed by atoms with Gasteiger partial charge >= 0.3 is 17.9 Å². The molecule has 0 radical (unpaired) electrons. The number of piperidine rings is 1. The Morgan fingerprint density at radius 1 is 0.985 bits per heavy atom. The van der Waals surface area contributed by atoms with Crippen LogP contribution >= 0.6 is 11.8 Å². The molecule has 4 fully saturated rings. The van der Waals surface area contributed by atoms with E-state index in [1.807, 2.05) is 30.6 Å². The maximum absolute atomic E-state index is 15.7. The monoisotopic (exact) mass is 914 g/mol. The molecule has 13 nitrogen and oxygen atoms in total. The summed E-state index contributed by atoms with van der Waals surface area (Å²) in [4.78, 5) is 53.5. The predicted octanol–water partition coefficient (Wildman–Crippen LogP) is 4.71. The number of thioether (sulfide) groups is 1. The van der Waals surface area contributed by atoms with Gasteiger partial charge in [0.2, 0.25) is 5.60 Å². The fraction of sp³-hybridized carbons (Fsp3) is 0.667. The minimum Gasteiger partial charge on any atom is -0.468 e. The first kappa shape index (κ1) is 46.6. The first-order valence-electron chi connectivity index (χ1n) is 23.8. The summed E-state index contributed by atoms with van der Waals surface area (Å²) in [5, 5.41) is 25.6. The summed E-state index contributed by atoms with van der Waals surface area (Å²) in [7, 11) is 10.6. The molecule has 3 saturated heterocycles. The van der Waals surface area contributed by atoms with Crippen molar-refractivity contribution in [1.82, 2.24) is 19.6 Å². The molecule has 5 aliphatic heterocycles. The largest absolute Gasteiger partial charge is 0.468 e. The van der Waals surface area contributed by atoms with Gasteiger partial charge < -0.3 is 39.0 Å². The van der Waals surface area contributed by atoms with E-state index in [1.54, 1.807) is 7.11 Å². The topological polar surface area (TPSA) is 142 Å². The van der Waals surface area contributed by atoms with Crippen molar-refractivity contribution in [2.45, 2.75) is 106 Å². The van der Waals surface area contributed by atoms with Crippen LogP contribution in [-0.2, 0) is 39.8 Å². The van der Waals surface area contributed by atoms with Crippen LogP contribution in [0.1, 0.15) is 70.4 Å². The Balaban J connectivity index is 1.29. The lowest BCUT2D eigenvalue weighted by Gasteiger charge is -2.63. The summed E-state index contributed by atoms with van der Waals surface area (Å²) in [5.74, 6) is -1.42. The van der Waals surface area contributed by atoms with Gasteiger partial charge in [-0.3, -0.25) is 19.4 Å². The standard InChI is InChI=1S/C51H70N4O9S/c1-10-47(59)27-32-28-50(45(57)62-8,37-23-33-13-14-34(65-22-21-52(4)5)24-36(33)35(37)15-19-54(29-32)30-47)39-25-38-40(26-41(39)61-7)53(6)43-49(38)17-20-55-18-12-16-48(11-2,42(49)55)44(64-31(3)56)51(43,60)46(58)63-9/h12-14,16,24-26,32,39,41-44,59-60H,10-11,15,17-23,27-30H2,1-9H3/t32-,39?,41?,42+,43-,44-,47+,48-,49-,50-,51+/m1/s1. The second-order valence-electron chi connectivity index (χ2n) is 20.6. The number of likely N-dealkylation sites (tertiary alicyclic amines) is 1. The molecule has 1 aromatic carbocycles. The molecule has 0 aromatic heterocycles. The molecule has 354 valence electrons. The Hall–Kier alpha value is -3.50. The lowest BCUT2D eigenvalue weighted by molar-refractivity contribution is -0.243.